The summed E-state index contributed by atoms with van der Waals surface area (Å²) in [6.45, 7) is 8.19. The molecule has 1 aliphatic heterocycles. The Hall–Kier alpha value is -3.10. The minimum atomic E-state index is -0.0283. The van der Waals surface area contributed by atoms with E-state index >= 15 is 0 Å². The average Bonchev–Trinajstić information content (AvgIpc) is 3.70. The lowest BCUT2D eigenvalue weighted by Gasteiger charge is -2.33. The molecule has 4 rings (SSSR count). The van der Waals surface area contributed by atoms with Crippen LogP contribution in [0.4, 0.5) is 0 Å². The van der Waals surface area contributed by atoms with Crippen LogP contribution in [0.1, 0.15) is 53.8 Å². The van der Waals surface area contributed by atoms with E-state index in [1.54, 1.807) is 32.4 Å². The molecular weight excluding hydrogens is 494 g/mol. The van der Waals surface area contributed by atoms with Gasteiger partial charge in [-0.05, 0) is 68.9 Å². The van der Waals surface area contributed by atoms with Crippen LogP contribution < -0.4 is 14.8 Å². The Bertz CT molecular complexity index is 1090. The van der Waals surface area contributed by atoms with Gasteiger partial charge >= 0.3 is 0 Å². The third-order valence-electron chi connectivity index (χ3n) is 7.66. The SMILES string of the molecule is COCCCOc1cc(C(=O)N(CC2CNCC2CN(C(=O)c2ccccc2)C2CC2)C(C)C)ccc1OC. The zero-order chi connectivity index (χ0) is 27.8. The van der Waals surface area contributed by atoms with Crippen LogP contribution in [-0.2, 0) is 4.74 Å². The summed E-state index contributed by atoms with van der Waals surface area (Å²) in [6.07, 6.45) is 2.87. The number of ether oxygens (including phenoxy) is 3. The summed E-state index contributed by atoms with van der Waals surface area (Å²) in [4.78, 5) is 31.1. The predicted octanol–water partition coefficient (Wildman–Crippen LogP) is 4.10. The standard InChI is InChI=1S/C31H43N3O5/c1-22(2)33(31(36)24-11-14-28(38-4)29(17-24)39-16-8-15-37-3)20-25-18-32-19-26(25)21-34(27-12-13-27)30(35)23-9-6-5-7-10-23/h5-7,9-11,14,17,22,25-27,32H,8,12-13,15-16,18-21H2,1-4H3. The third-order valence-corrected chi connectivity index (χ3v) is 7.66. The van der Waals surface area contributed by atoms with E-state index in [0.717, 1.165) is 37.9 Å². The van der Waals surface area contributed by atoms with Crippen LogP contribution in [0.3, 0.4) is 0 Å². The Labute approximate surface area is 232 Å². The molecule has 0 aromatic heterocycles. The molecule has 1 N–H and O–H groups in total. The highest BCUT2D eigenvalue weighted by Crippen LogP contribution is 2.32. The molecule has 1 aliphatic carbocycles. The van der Waals surface area contributed by atoms with Gasteiger partial charge in [0.15, 0.2) is 11.5 Å². The van der Waals surface area contributed by atoms with Gasteiger partial charge in [0.1, 0.15) is 0 Å². The van der Waals surface area contributed by atoms with Crippen LogP contribution in [0.25, 0.3) is 0 Å². The fraction of sp³-hybridized carbons (Fsp3) is 0.548. The second kappa shape index (κ2) is 13.8. The Morgan fingerprint density at radius 1 is 0.897 bits per heavy atom. The first-order valence-corrected chi connectivity index (χ1v) is 14.1. The minimum Gasteiger partial charge on any atom is -0.493 e. The molecule has 2 aliphatic rings. The smallest absolute Gasteiger partial charge is 0.254 e. The van der Waals surface area contributed by atoms with E-state index in [4.69, 9.17) is 14.2 Å². The van der Waals surface area contributed by atoms with Crippen LogP contribution in [0.2, 0.25) is 0 Å². The molecule has 2 aromatic carbocycles. The van der Waals surface area contributed by atoms with E-state index < -0.39 is 0 Å². The number of benzene rings is 2. The fourth-order valence-electron chi connectivity index (χ4n) is 5.25. The van der Waals surface area contributed by atoms with Gasteiger partial charge in [0.25, 0.3) is 11.8 Å². The van der Waals surface area contributed by atoms with Crippen molar-refractivity contribution in [2.75, 3.05) is 53.6 Å². The van der Waals surface area contributed by atoms with Crippen LogP contribution in [-0.4, -0.2) is 87.3 Å². The molecule has 8 heteroatoms. The first-order valence-electron chi connectivity index (χ1n) is 14.1. The maximum atomic E-state index is 13.8. The largest absolute Gasteiger partial charge is 0.493 e. The molecule has 1 heterocycles. The van der Waals surface area contributed by atoms with Crippen molar-refractivity contribution in [3.05, 3.63) is 59.7 Å². The molecule has 2 aromatic rings. The highest BCUT2D eigenvalue weighted by molar-refractivity contribution is 5.95. The van der Waals surface area contributed by atoms with Crippen molar-refractivity contribution in [3.8, 4) is 11.5 Å². The lowest BCUT2D eigenvalue weighted by Crippen LogP contribution is -2.45. The van der Waals surface area contributed by atoms with Gasteiger partial charge in [-0.25, -0.2) is 0 Å². The molecule has 39 heavy (non-hydrogen) atoms. The quantitative estimate of drug-likeness (QED) is 0.366. The molecule has 2 unspecified atom stereocenters. The molecule has 0 spiro atoms. The molecule has 0 radical (unpaired) electrons. The predicted molar refractivity (Wildman–Crippen MR) is 152 cm³/mol. The van der Waals surface area contributed by atoms with E-state index in [1.807, 2.05) is 35.2 Å². The summed E-state index contributed by atoms with van der Waals surface area (Å²) < 4.78 is 16.5. The van der Waals surface area contributed by atoms with E-state index in [-0.39, 0.29) is 29.7 Å². The number of rotatable bonds is 14. The zero-order valence-corrected chi connectivity index (χ0v) is 23.7. The molecule has 212 valence electrons. The van der Waals surface area contributed by atoms with Crippen molar-refractivity contribution in [1.82, 2.24) is 15.1 Å². The van der Waals surface area contributed by atoms with Crippen molar-refractivity contribution in [1.29, 1.82) is 0 Å². The minimum absolute atomic E-state index is 0.0254. The van der Waals surface area contributed by atoms with Gasteiger partial charge in [0.05, 0.1) is 13.7 Å². The summed E-state index contributed by atoms with van der Waals surface area (Å²) in [6, 6.07) is 15.3. The molecule has 1 saturated heterocycles. The molecule has 2 atom stereocenters. The van der Waals surface area contributed by atoms with Crippen molar-refractivity contribution in [2.24, 2.45) is 11.8 Å². The number of hydrogen-bond donors (Lipinski definition) is 1. The van der Waals surface area contributed by atoms with Gasteiger partial charge in [-0.1, -0.05) is 18.2 Å². The molecule has 2 amide bonds. The van der Waals surface area contributed by atoms with Crippen molar-refractivity contribution in [3.63, 3.8) is 0 Å². The van der Waals surface area contributed by atoms with E-state index in [9.17, 15) is 9.59 Å². The van der Waals surface area contributed by atoms with Gasteiger partial charge in [-0.3, -0.25) is 9.59 Å². The lowest BCUT2D eigenvalue weighted by molar-refractivity contribution is 0.0613. The molecular formula is C31H43N3O5. The maximum absolute atomic E-state index is 13.8. The number of carbonyl (C=O) groups is 2. The molecule has 2 fully saturated rings. The average molecular weight is 538 g/mol. The van der Waals surface area contributed by atoms with Crippen molar-refractivity contribution >= 4 is 11.8 Å². The lowest BCUT2D eigenvalue weighted by atomic mass is 9.93. The summed E-state index contributed by atoms with van der Waals surface area (Å²) >= 11 is 0. The van der Waals surface area contributed by atoms with E-state index in [1.165, 1.54) is 0 Å². The van der Waals surface area contributed by atoms with Gasteiger partial charge in [-0.15, -0.1) is 0 Å². The first-order chi connectivity index (χ1) is 18.9. The fourth-order valence-corrected chi connectivity index (χ4v) is 5.25. The number of carbonyl (C=O) groups excluding carboxylic acids is 2. The number of nitrogens with one attached hydrogen (secondary N) is 1. The Balaban J connectivity index is 1.45. The molecule has 8 nitrogen and oxygen atoms in total. The topological polar surface area (TPSA) is 80.3 Å². The summed E-state index contributed by atoms with van der Waals surface area (Å²) in [5, 5.41) is 3.52. The highest BCUT2D eigenvalue weighted by atomic mass is 16.5. The van der Waals surface area contributed by atoms with Crippen LogP contribution in [0, 0.1) is 11.8 Å². The van der Waals surface area contributed by atoms with Gasteiger partial charge in [0.2, 0.25) is 0 Å². The van der Waals surface area contributed by atoms with Gasteiger partial charge in [-0.2, -0.15) is 0 Å². The summed E-state index contributed by atoms with van der Waals surface area (Å²) in [5.41, 5.74) is 1.32. The van der Waals surface area contributed by atoms with Crippen molar-refractivity contribution in [2.45, 2.75) is 45.2 Å². The maximum Gasteiger partial charge on any atom is 0.254 e. The molecule has 1 saturated carbocycles. The monoisotopic (exact) mass is 537 g/mol. The van der Waals surface area contributed by atoms with Gasteiger partial charge in [0, 0.05) is 69.5 Å². The second-order valence-corrected chi connectivity index (χ2v) is 10.8. The third kappa shape index (κ3) is 7.51. The first kappa shape index (κ1) is 28.9. The van der Waals surface area contributed by atoms with Crippen LogP contribution in [0.15, 0.2) is 48.5 Å². The normalized spacial score (nSPS) is 18.7. The van der Waals surface area contributed by atoms with Crippen LogP contribution in [0.5, 0.6) is 11.5 Å². The summed E-state index contributed by atoms with van der Waals surface area (Å²) in [7, 11) is 3.26. The molecule has 0 bridgehead atoms. The highest BCUT2D eigenvalue weighted by Gasteiger charge is 2.38. The van der Waals surface area contributed by atoms with Crippen molar-refractivity contribution < 1.29 is 23.8 Å². The summed E-state index contributed by atoms with van der Waals surface area (Å²) in [5.74, 6) is 1.77. The second-order valence-electron chi connectivity index (χ2n) is 10.8. The Kier molecular flexibility index (Phi) is 10.2. The van der Waals surface area contributed by atoms with Gasteiger partial charge < -0.3 is 29.3 Å². The Morgan fingerprint density at radius 2 is 1.62 bits per heavy atom. The van der Waals surface area contributed by atoms with E-state index in [0.29, 0.717) is 49.4 Å². The van der Waals surface area contributed by atoms with Crippen LogP contribution >= 0.6 is 0 Å². The number of amides is 2. The zero-order valence-electron chi connectivity index (χ0n) is 23.7. The number of methoxy groups -OCH3 is 2. The van der Waals surface area contributed by atoms with E-state index in [2.05, 4.69) is 24.1 Å². The number of nitrogens with zero attached hydrogens (tertiary/aromatic N) is 2. The Morgan fingerprint density at radius 3 is 2.26 bits per heavy atom. The number of hydrogen-bond acceptors (Lipinski definition) is 6.